The van der Waals surface area contributed by atoms with Crippen molar-refractivity contribution in [2.75, 3.05) is 19.8 Å². The second-order valence-electron chi connectivity index (χ2n) is 6.25. The van der Waals surface area contributed by atoms with Crippen molar-refractivity contribution in [3.63, 3.8) is 0 Å². The largest absolute Gasteiger partial charge is 0.481 e. The van der Waals surface area contributed by atoms with E-state index in [2.05, 4.69) is 0 Å². The van der Waals surface area contributed by atoms with Crippen molar-refractivity contribution in [1.82, 2.24) is 4.90 Å². The van der Waals surface area contributed by atoms with Gasteiger partial charge in [0, 0.05) is 6.54 Å². The second-order valence-corrected chi connectivity index (χ2v) is 6.25. The number of carbonyl (C=O) groups is 2. The molecule has 2 saturated heterocycles. The Morgan fingerprint density at radius 2 is 2.11 bits per heavy atom. The molecule has 0 aromatic heterocycles. The molecule has 2 fully saturated rings. The highest BCUT2D eigenvalue weighted by Crippen LogP contribution is 2.41. The van der Waals surface area contributed by atoms with Gasteiger partial charge in [-0.05, 0) is 33.6 Å². The van der Waals surface area contributed by atoms with Crippen molar-refractivity contribution in [3.05, 3.63) is 0 Å². The zero-order valence-corrected chi connectivity index (χ0v) is 11.6. The van der Waals surface area contributed by atoms with Gasteiger partial charge in [-0.2, -0.15) is 0 Å². The minimum absolute atomic E-state index is 0.161. The standard InChI is InChI=1S/C13H21NO5/c1-12(2,3)19-11(17)14-6-4-5-13(14)8-18-7-9(13)10(15)16/h9H,4-8H2,1-3H3,(H,15,16). The molecule has 19 heavy (non-hydrogen) atoms. The van der Waals surface area contributed by atoms with E-state index in [0.29, 0.717) is 13.0 Å². The Hall–Kier alpha value is -1.30. The van der Waals surface area contributed by atoms with Gasteiger partial charge in [0.15, 0.2) is 0 Å². The Morgan fingerprint density at radius 3 is 2.68 bits per heavy atom. The van der Waals surface area contributed by atoms with Crippen LogP contribution in [0.3, 0.4) is 0 Å². The smallest absolute Gasteiger partial charge is 0.410 e. The van der Waals surface area contributed by atoms with E-state index >= 15 is 0 Å². The van der Waals surface area contributed by atoms with Crippen LogP contribution in [-0.2, 0) is 14.3 Å². The molecule has 0 aliphatic carbocycles. The maximum atomic E-state index is 12.2. The van der Waals surface area contributed by atoms with E-state index in [-0.39, 0.29) is 13.2 Å². The molecule has 1 amide bonds. The number of likely N-dealkylation sites (tertiary alicyclic amines) is 1. The summed E-state index contributed by atoms with van der Waals surface area (Å²) < 4.78 is 10.7. The fourth-order valence-electron chi connectivity index (χ4n) is 2.91. The molecular formula is C13H21NO5. The highest BCUT2D eigenvalue weighted by Gasteiger charge is 2.56. The predicted molar refractivity (Wildman–Crippen MR) is 66.8 cm³/mol. The van der Waals surface area contributed by atoms with Crippen molar-refractivity contribution in [2.45, 2.75) is 44.8 Å². The SMILES string of the molecule is CC(C)(C)OC(=O)N1CCCC12COCC2C(=O)O. The average Bonchev–Trinajstić information content (AvgIpc) is 2.84. The van der Waals surface area contributed by atoms with Gasteiger partial charge in [0.25, 0.3) is 0 Å². The van der Waals surface area contributed by atoms with Gasteiger partial charge in [-0.1, -0.05) is 0 Å². The lowest BCUT2D eigenvalue weighted by Crippen LogP contribution is -2.55. The van der Waals surface area contributed by atoms with Crippen LogP contribution in [0.1, 0.15) is 33.6 Å². The van der Waals surface area contributed by atoms with Gasteiger partial charge in [0.1, 0.15) is 11.5 Å². The molecule has 2 heterocycles. The van der Waals surface area contributed by atoms with Crippen LogP contribution >= 0.6 is 0 Å². The number of aliphatic carboxylic acids is 1. The third kappa shape index (κ3) is 2.54. The molecule has 2 aliphatic heterocycles. The van der Waals surface area contributed by atoms with E-state index < -0.39 is 29.1 Å². The molecule has 6 heteroatoms. The van der Waals surface area contributed by atoms with E-state index in [4.69, 9.17) is 9.47 Å². The first-order chi connectivity index (χ1) is 8.76. The molecule has 2 atom stereocenters. The number of nitrogens with zero attached hydrogens (tertiary/aromatic N) is 1. The van der Waals surface area contributed by atoms with Crippen molar-refractivity contribution in [3.8, 4) is 0 Å². The lowest BCUT2D eigenvalue weighted by molar-refractivity contribution is -0.144. The van der Waals surface area contributed by atoms with E-state index in [0.717, 1.165) is 6.42 Å². The number of carbonyl (C=O) groups excluding carboxylic acids is 1. The third-order valence-corrected chi connectivity index (χ3v) is 3.73. The van der Waals surface area contributed by atoms with E-state index in [1.807, 2.05) is 0 Å². The topological polar surface area (TPSA) is 76.1 Å². The molecule has 0 bridgehead atoms. The van der Waals surface area contributed by atoms with Gasteiger partial charge in [0.05, 0.1) is 18.8 Å². The van der Waals surface area contributed by atoms with Crippen molar-refractivity contribution in [2.24, 2.45) is 5.92 Å². The Kier molecular flexibility index (Phi) is 3.47. The second kappa shape index (κ2) is 4.67. The first-order valence-electron chi connectivity index (χ1n) is 6.57. The summed E-state index contributed by atoms with van der Waals surface area (Å²) in [4.78, 5) is 25.2. The van der Waals surface area contributed by atoms with Crippen LogP contribution in [0.15, 0.2) is 0 Å². The van der Waals surface area contributed by atoms with Crippen LogP contribution in [0.5, 0.6) is 0 Å². The number of ether oxygens (including phenoxy) is 2. The molecule has 2 rings (SSSR count). The third-order valence-electron chi connectivity index (χ3n) is 3.73. The van der Waals surface area contributed by atoms with E-state index in [1.54, 1.807) is 25.7 Å². The summed E-state index contributed by atoms with van der Waals surface area (Å²) >= 11 is 0. The average molecular weight is 271 g/mol. The number of hydrogen-bond acceptors (Lipinski definition) is 4. The molecule has 0 aromatic carbocycles. The zero-order valence-electron chi connectivity index (χ0n) is 11.6. The number of hydrogen-bond donors (Lipinski definition) is 1. The van der Waals surface area contributed by atoms with E-state index in [9.17, 15) is 14.7 Å². The fourth-order valence-corrected chi connectivity index (χ4v) is 2.91. The van der Waals surface area contributed by atoms with Gasteiger partial charge in [-0.3, -0.25) is 9.69 Å². The number of amides is 1. The van der Waals surface area contributed by atoms with Crippen molar-refractivity contribution < 1.29 is 24.2 Å². The van der Waals surface area contributed by atoms with Crippen molar-refractivity contribution in [1.29, 1.82) is 0 Å². The summed E-state index contributed by atoms with van der Waals surface area (Å²) in [5.41, 5.74) is -1.31. The normalized spacial score (nSPS) is 30.9. The molecule has 6 nitrogen and oxygen atoms in total. The van der Waals surface area contributed by atoms with Gasteiger partial charge in [-0.15, -0.1) is 0 Å². The molecular weight excluding hydrogens is 250 g/mol. The lowest BCUT2D eigenvalue weighted by Gasteiger charge is -2.37. The summed E-state index contributed by atoms with van der Waals surface area (Å²) in [6.07, 6.45) is 0.997. The molecule has 0 aromatic rings. The Labute approximate surface area is 112 Å². The van der Waals surface area contributed by atoms with Gasteiger partial charge >= 0.3 is 12.1 Å². The summed E-state index contributed by atoms with van der Waals surface area (Å²) in [6, 6.07) is 0. The lowest BCUT2D eigenvalue weighted by atomic mass is 9.84. The maximum Gasteiger partial charge on any atom is 0.410 e. The van der Waals surface area contributed by atoms with Gasteiger partial charge in [-0.25, -0.2) is 4.79 Å². The molecule has 2 unspecified atom stereocenters. The van der Waals surface area contributed by atoms with E-state index in [1.165, 1.54) is 0 Å². The molecule has 108 valence electrons. The maximum absolute atomic E-state index is 12.2. The number of carboxylic acids is 1. The molecule has 1 N–H and O–H groups in total. The van der Waals surface area contributed by atoms with Crippen LogP contribution in [0.2, 0.25) is 0 Å². The van der Waals surface area contributed by atoms with Gasteiger partial charge in [0.2, 0.25) is 0 Å². The summed E-state index contributed by atoms with van der Waals surface area (Å²) in [6.45, 7) is 6.37. The molecule has 0 saturated carbocycles. The van der Waals surface area contributed by atoms with Gasteiger partial charge < -0.3 is 14.6 Å². The molecule has 0 radical (unpaired) electrons. The zero-order chi connectivity index (χ0) is 14.3. The quantitative estimate of drug-likeness (QED) is 0.782. The Morgan fingerprint density at radius 1 is 1.42 bits per heavy atom. The first kappa shape index (κ1) is 14.1. The Bertz CT molecular complexity index is 385. The number of carboxylic acid groups (broad SMARTS) is 1. The van der Waals surface area contributed by atoms with Crippen LogP contribution in [0.4, 0.5) is 4.79 Å². The highest BCUT2D eigenvalue weighted by molar-refractivity contribution is 5.76. The minimum atomic E-state index is -0.909. The summed E-state index contributed by atoms with van der Waals surface area (Å²) in [7, 11) is 0. The van der Waals surface area contributed by atoms with Crippen LogP contribution in [0, 0.1) is 5.92 Å². The minimum Gasteiger partial charge on any atom is -0.481 e. The first-order valence-corrected chi connectivity index (χ1v) is 6.57. The molecule has 1 spiro atoms. The predicted octanol–water partition coefficient (Wildman–Crippen LogP) is 1.49. The van der Waals surface area contributed by atoms with Crippen molar-refractivity contribution >= 4 is 12.1 Å². The monoisotopic (exact) mass is 271 g/mol. The highest BCUT2D eigenvalue weighted by atomic mass is 16.6. The number of rotatable bonds is 1. The summed E-state index contributed by atoms with van der Waals surface area (Å²) in [5.74, 6) is -1.57. The Balaban J connectivity index is 2.21. The van der Waals surface area contributed by atoms with Crippen LogP contribution < -0.4 is 0 Å². The fraction of sp³-hybridized carbons (Fsp3) is 0.846. The summed E-state index contributed by atoms with van der Waals surface area (Å²) in [5, 5.41) is 9.31. The molecule has 2 aliphatic rings. The van der Waals surface area contributed by atoms with Crippen LogP contribution in [0.25, 0.3) is 0 Å². The van der Waals surface area contributed by atoms with Crippen LogP contribution in [-0.4, -0.2) is 53.0 Å².